The number of fused-ring (bicyclic) bond motifs is 1. The molecule has 1 aromatic rings. The number of anilines is 1. The number of sulfonamides is 1. The third-order valence-electron chi connectivity index (χ3n) is 4.85. The normalized spacial score (nSPS) is 14.2. The molecule has 1 heterocycles. The molecule has 0 saturated carbocycles. The van der Waals surface area contributed by atoms with Crippen molar-refractivity contribution in [2.24, 2.45) is 0 Å². The maximum atomic E-state index is 12.9. The molecule has 0 saturated heterocycles. The van der Waals surface area contributed by atoms with Crippen LogP contribution in [0.1, 0.15) is 40.5 Å². The largest absolute Gasteiger partial charge is 0.341 e. The fourth-order valence-electron chi connectivity index (χ4n) is 3.36. The fourth-order valence-corrected chi connectivity index (χ4v) is 5.76. The van der Waals surface area contributed by atoms with Crippen LogP contribution < -0.4 is 4.90 Å². The van der Waals surface area contributed by atoms with Gasteiger partial charge in [-0.05, 0) is 31.0 Å². The molecule has 2 rings (SSSR count). The summed E-state index contributed by atoms with van der Waals surface area (Å²) < 4.78 is 27.2. The molecule has 29 heavy (non-hydrogen) atoms. The highest BCUT2D eigenvalue weighted by Crippen LogP contribution is 2.37. The van der Waals surface area contributed by atoms with Crippen molar-refractivity contribution in [1.82, 2.24) is 9.21 Å². The van der Waals surface area contributed by atoms with Gasteiger partial charge in [0, 0.05) is 31.1 Å². The molecule has 0 radical (unpaired) electrons. The van der Waals surface area contributed by atoms with Crippen molar-refractivity contribution in [2.75, 3.05) is 43.4 Å². The van der Waals surface area contributed by atoms with Gasteiger partial charge < -0.3 is 9.80 Å². The van der Waals surface area contributed by atoms with E-state index in [1.807, 2.05) is 13.8 Å². The molecule has 0 spiro atoms. The third-order valence-corrected chi connectivity index (χ3v) is 7.94. The molecule has 2 amide bonds. The monoisotopic (exact) mass is 441 g/mol. The summed E-state index contributed by atoms with van der Waals surface area (Å²) in [6, 6.07) is 4.84. The van der Waals surface area contributed by atoms with Crippen LogP contribution in [0.4, 0.5) is 5.69 Å². The Labute approximate surface area is 178 Å². The molecular weight excluding hydrogens is 410 g/mol. The van der Waals surface area contributed by atoms with Crippen molar-refractivity contribution in [3.8, 4) is 0 Å². The van der Waals surface area contributed by atoms with E-state index in [1.165, 1.54) is 27.0 Å². The maximum absolute atomic E-state index is 12.9. The summed E-state index contributed by atoms with van der Waals surface area (Å²) in [6.45, 7) is 9.57. The average Bonchev–Trinajstić information content (AvgIpc) is 2.70. The second-order valence-corrected chi connectivity index (χ2v) is 9.82. The number of amides is 2. The van der Waals surface area contributed by atoms with E-state index in [0.717, 1.165) is 17.7 Å². The molecule has 0 N–H and O–H groups in total. The molecule has 1 aromatic carbocycles. The van der Waals surface area contributed by atoms with Crippen molar-refractivity contribution < 1.29 is 18.0 Å². The predicted molar refractivity (Wildman–Crippen MR) is 117 cm³/mol. The van der Waals surface area contributed by atoms with Crippen LogP contribution in [0.15, 0.2) is 28.0 Å². The second-order valence-electron chi connectivity index (χ2n) is 6.87. The lowest BCUT2D eigenvalue weighted by atomic mass is 10.2. The van der Waals surface area contributed by atoms with Crippen LogP contribution in [0.2, 0.25) is 0 Å². The van der Waals surface area contributed by atoms with Crippen molar-refractivity contribution >= 4 is 39.3 Å². The summed E-state index contributed by atoms with van der Waals surface area (Å²) in [6.07, 6.45) is 1.69. The summed E-state index contributed by atoms with van der Waals surface area (Å²) in [5.74, 6) is -0.0534. The first-order valence-corrected chi connectivity index (χ1v) is 12.6. The molecule has 1 aliphatic rings. The van der Waals surface area contributed by atoms with E-state index in [4.69, 9.17) is 0 Å². The summed E-state index contributed by atoms with van der Waals surface area (Å²) in [5.41, 5.74) is 0.501. The first kappa shape index (κ1) is 23.7. The van der Waals surface area contributed by atoms with E-state index in [0.29, 0.717) is 31.9 Å². The zero-order chi connectivity index (χ0) is 21.6. The number of nitrogens with zero attached hydrogens (tertiary/aromatic N) is 3. The highest BCUT2D eigenvalue weighted by atomic mass is 32.2. The van der Waals surface area contributed by atoms with Gasteiger partial charge in [0.2, 0.25) is 21.8 Å². The van der Waals surface area contributed by atoms with Gasteiger partial charge in [-0.25, -0.2) is 8.42 Å². The first-order chi connectivity index (χ1) is 13.8. The number of benzene rings is 1. The molecule has 0 aliphatic carbocycles. The Balaban J connectivity index is 2.38. The second kappa shape index (κ2) is 10.4. The number of hydrogen-bond acceptors (Lipinski definition) is 5. The molecule has 0 fully saturated rings. The van der Waals surface area contributed by atoms with E-state index in [1.54, 1.807) is 30.9 Å². The van der Waals surface area contributed by atoms with Gasteiger partial charge in [0.05, 0.1) is 16.3 Å². The van der Waals surface area contributed by atoms with Crippen molar-refractivity contribution in [3.05, 3.63) is 18.2 Å². The number of carbonyl (C=O) groups is 2. The van der Waals surface area contributed by atoms with Crippen molar-refractivity contribution in [2.45, 2.75) is 50.3 Å². The van der Waals surface area contributed by atoms with Gasteiger partial charge in [-0.2, -0.15) is 4.31 Å². The van der Waals surface area contributed by atoms with Crippen LogP contribution in [0.5, 0.6) is 0 Å². The third kappa shape index (κ3) is 5.32. The predicted octanol–water partition coefficient (Wildman–Crippen LogP) is 2.80. The Morgan fingerprint density at radius 1 is 1.10 bits per heavy atom. The summed E-state index contributed by atoms with van der Waals surface area (Å²) in [7, 11) is -3.65. The Morgan fingerprint density at radius 3 is 2.28 bits per heavy atom. The van der Waals surface area contributed by atoms with Gasteiger partial charge in [-0.1, -0.05) is 27.7 Å². The molecule has 0 aromatic heterocycles. The van der Waals surface area contributed by atoms with Gasteiger partial charge in [0.1, 0.15) is 6.54 Å². The quantitative estimate of drug-likeness (QED) is 0.558. The molecule has 162 valence electrons. The van der Waals surface area contributed by atoms with Crippen molar-refractivity contribution in [1.29, 1.82) is 0 Å². The van der Waals surface area contributed by atoms with Crippen LogP contribution in [-0.2, 0) is 19.6 Å². The smallest absolute Gasteiger partial charge is 0.243 e. The minimum Gasteiger partial charge on any atom is -0.341 e. The average molecular weight is 442 g/mol. The van der Waals surface area contributed by atoms with Gasteiger partial charge in [-0.3, -0.25) is 9.59 Å². The van der Waals surface area contributed by atoms with Crippen LogP contribution in [-0.4, -0.2) is 67.9 Å². The molecule has 0 bridgehead atoms. The highest BCUT2D eigenvalue weighted by Gasteiger charge is 2.30. The maximum Gasteiger partial charge on any atom is 0.243 e. The van der Waals surface area contributed by atoms with Crippen LogP contribution in [0, 0.1) is 0 Å². The van der Waals surface area contributed by atoms with Crippen LogP contribution >= 0.6 is 11.8 Å². The lowest BCUT2D eigenvalue weighted by Gasteiger charge is -2.31. The number of thioether (sulfide) groups is 1. The molecule has 7 nitrogen and oxygen atoms in total. The topological polar surface area (TPSA) is 78.0 Å². The first-order valence-electron chi connectivity index (χ1n) is 10.1. The zero-order valence-corrected chi connectivity index (χ0v) is 19.3. The van der Waals surface area contributed by atoms with Crippen LogP contribution in [0.3, 0.4) is 0 Å². The minimum atomic E-state index is -3.65. The van der Waals surface area contributed by atoms with Crippen molar-refractivity contribution in [3.63, 3.8) is 0 Å². The van der Waals surface area contributed by atoms with Gasteiger partial charge in [-0.15, -0.1) is 11.8 Å². The minimum absolute atomic E-state index is 0.0683. The van der Waals surface area contributed by atoms with E-state index in [2.05, 4.69) is 0 Å². The molecule has 0 unspecified atom stereocenters. The molecule has 9 heteroatoms. The van der Waals surface area contributed by atoms with Gasteiger partial charge in [0.15, 0.2) is 0 Å². The van der Waals surface area contributed by atoms with Gasteiger partial charge >= 0.3 is 0 Å². The van der Waals surface area contributed by atoms with E-state index in [9.17, 15) is 18.0 Å². The Morgan fingerprint density at radius 2 is 1.72 bits per heavy atom. The summed E-state index contributed by atoms with van der Waals surface area (Å²) in [4.78, 5) is 29.6. The standard InChI is InChI=1S/C20H31N3O4S2/c1-5-11-21(12-6-2)19(24)14-23-17-13-16(29(26,27)22(7-3)8-4)9-10-18(17)28-15-20(23)25/h9-10,13H,5-8,11-12,14-15H2,1-4H3. The Bertz CT molecular complexity index is 832. The lowest BCUT2D eigenvalue weighted by molar-refractivity contribution is -0.131. The Kier molecular flexibility index (Phi) is 8.54. The number of hydrogen-bond donors (Lipinski definition) is 0. The van der Waals surface area contributed by atoms with E-state index in [-0.39, 0.29) is 29.0 Å². The SMILES string of the molecule is CCCN(CCC)C(=O)CN1C(=O)CSc2ccc(S(=O)(=O)N(CC)CC)cc21. The molecule has 0 atom stereocenters. The zero-order valence-electron chi connectivity index (χ0n) is 17.7. The highest BCUT2D eigenvalue weighted by molar-refractivity contribution is 8.00. The summed E-state index contributed by atoms with van der Waals surface area (Å²) in [5, 5.41) is 0. The fraction of sp³-hybridized carbons (Fsp3) is 0.600. The molecular formula is C20H31N3O4S2. The summed E-state index contributed by atoms with van der Waals surface area (Å²) >= 11 is 1.37. The van der Waals surface area contributed by atoms with E-state index < -0.39 is 10.0 Å². The number of carbonyl (C=O) groups excluding carboxylic acids is 2. The van der Waals surface area contributed by atoms with Gasteiger partial charge in [0.25, 0.3) is 0 Å². The lowest BCUT2D eigenvalue weighted by Crippen LogP contribution is -2.45. The van der Waals surface area contributed by atoms with Crippen LogP contribution in [0.25, 0.3) is 0 Å². The molecule has 1 aliphatic heterocycles. The number of rotatable bonds is 10. The van der Waals surface area contributed by atoms with E-state index >= 15 is 0 Å². The Hall–Kier alpha value is -1.58.